The van der Waals surface area contributed by atoms with Crippen LogP contribution in [0.4, 0.5) is 59.4 Å². The average Bonchev–Trinajstić information content (AvgIpc) is 0.806. The maximum atomic E-state index is 13.6. The van der Waals surface area contributed by atoms with Crippen LogP contribution in [0.1, 0.15) is 125 Å². The Labute approximate surface area is 727 Å². The van der Waals surface area contributed by atoms with Crippen molar-refractivity contribution in [1.29, 1.82) is 0 Å². The highest BCUT2D eigenvalue weighted by Crippen LogP contribution is 2.33. The molecular weight excluding hydrogens is 1580 g/mol. The molecule has 648 valence electrons. The van der Waals surface area contributed by atoms with E-state index in [1.165, 1.54) is 0 Å². The standard InChI is InChI=1S/C36H41N5O5.C26H25N5O.C19H23N3O4.C16H19N3O2/c1-35(2,3)45-33(43)39-30-10-7-25(24-13-15-37-16-14-24)21-28(30)23-31(42)27-8-11-29-26(22-27)9-12-32(38-29)40-17-19-41(20-18-40)34(44)46-36(4,5)6;27-23-4-1-19(18-7-9-28-10-8-18)15-22(23)17-25(32)21-2-5-24-20(16-21)3-6-26(30-24)31-13-11-29-12-14-31;1-19(2,3)26-18(25)22-10-8-21(9-11-22)16-7-5-13-12-14(17(23)24)4-6-15(13)20-16;1-16(2,3)21-15(20)19-14-5-4-12(10-13(14)17)11-6-8-18-9-7-11/h7-16,21-22H,17-20,23H2,1-6H3,(H,39,43);1-10,15-16,29H,11-14,17,27H2;4-7,12H,8-11H2,1-3H3,(H,23,24);4-10H,17H2,1-3H3,(H,19,20). The first kappa shape index (κ1) is 90.1. The van der Waals surface area contributed by atoms with E-state index >= 15 is 0 Å². The number of hydrogen-bond donors (Lipinski definition) is 6. The van der Waals surface area contributed by atoms with Gasteiger partial charge in [0.15, 0.2) is 11.6 Å². The molecule has 0 aliphatic carbocycles. The molecule has 6 aromatic heterocycles. The van der Waals surface area contributed by atoms with Crippen LogP contribution in [-0.4, -0.2) is 188 Å². The van der Waals surface area contributed by atoms with Gasteiger partial charge in [-0.05, 0) is 291 Å². The van der Waals surface area contributed by atoms with E-state index in [0.29, 0.717) is 91.8 Å². The minimum Gasteiger partial charge on any atom is -0.478 e. The molecule has 0 radical (unpaired) electrons. The number of carboxylic acids is 1. The number of anilines is 7. The summed E-state index contributed by atoms with van der Waals surface area (Å²) in [5, 5.41) is 20.5. The number of piperazine rings is 3. The second kappa shape index (κ2) is 39.8. The number of carbonyl (C=O) groups is 7. The molecule has 0 spiro atoms. The Morgan fingerprint density at radius 2 is 0.704 bits per heavy atom. The van der Waals surface area contributed by atoms with Crippen molar-refractivity contribution in [3.8, 4) is 33.4 Å². The third kappa shape index (κ3) is 25.7. The molecule has 3 saturated heterocycles. The van der Waals surface area contributed by atoms with E-state index in [2.05, 4.69) is 56.7 Å². The first-order chi connectivity index (χ1) is 59.5. The molecule has 0 unspecified atom stereocenters. The maximum absolute atomic E-state index is 13.6. The number of fused-ring (bicyclic) bond motifs is 3. The molecule has 8 N–H and O–H groups in total. The normalized spacial score (nSPS) is 13.6. The fraction of sp³-hybridized carbons (Fsp3) is 0.309. The number of rotatable bonds is 15. The number of hydrogen-bond acceptors (Lipinski definition) is 23. The lowest BCUT2D eigenvalue weighted by Crippen LogP contribution is -2.50. The van der Waals surface area contributed by atoms with Crippen LogP contribution in [0.3, 0.4) is 0 Å². The number of nitrogens with one attached hydrogen (secondary N) is 3. The number of aromatic carboxylic acids is 1. The molecule has 9 heterocycles. The molecule has 4 amide bonds. The number of carbonyl (C=O) groups excluding carboxylic acids is 6. The van der Waals surface area contributed by atoms with Gasteiger partial charge in [-0.3, -0.25) is 35.2 Å². The Balaban J connectivity index is 0.000000158. The lowest BCUT2D eigenvalue weighted by molar-refractivity contribution is 0.0230. The summed E-state index contributed by atoms with van der Waals surface area (Å²) >= 11 is 0. The van der Waals surface area contributed by atoms with Gasteiger partial charge in [-0.1, -0.05) is 18.2 Å². The van der Waals surface area contributed by atoms with Gasteiger partial charge >= 0.3 is 30.3 Å². The lowest BCUT2D eigenvalue weighted by atomic mass is 9.96. The number of nitrogens with two attached hydrogens (primary N) is 2. The first-order valence-corrected chi connectivity index (χ1v) is 41.5. The smallest absolute Gasteiger partial charge is 0.412 e. The van der Waals surface area contributed by atoms with E-state index in [0.717, 1.165) is 115 Å². The molecule has 3 aliphatic heterocycles. The Bertz CT molecular complexity index is 5850. The van der Waals surface area contributed by atoms with Crippen molar-refractivity contribution in [1.82, 2.24) is 45.0 Å². The molecule has 0 saturated carbocycles. The predicted molar refractivity (Wildman–Crippen MR) is 491 cm³/mol. The number of carboxylic acid groups (broad SMARTS) is 1. The molecule has 125 heavy (non-hydrogen) atoms. The van der Waals surface area contributed by atoms with E-state index in [4.69, 9.17) is 45.5 Å². The van der Waals surface area contributed by atoms with Crippen LogP contribution in [0.15, 0.2) is 219 Å². The molecule has 0 atom stereocenters. The number of aromatic nitrogens is 6. The Kier molecular flexibility index (Phi) is 28.7. The largest absolute Gasteiger partial charge is 0.478 e. The van der Waals surface area contributed by atoms with Crippen LogP contribution in [0.5, 0.6) is 0 Å². The zero-order chi connectivity index (χ0) is 89.3. The number of benzene rings is 6. The molecule has 15 rings (SSSR count). The quantitative estimate of drug-likeness (QED) is 0.0315. The molecule has 0 bridgehead atoms. The third-order valence-corrected chi connectivity index (χ3v) is 20.2. The molecule has 6 aromatic carbocycles. The highest BCUT2D eigenvalue weighted by atomic mass is 16.6. The number of ketones is 2. The van der Waals surface area contributed by atoms with Crippen LogP contribution < -0.4 is 42.1 Å². The van der Waals surface area contributed by atoms with Gasteiger partial charge in [-0.25, -0.2) is 38.9 Å². The summed E-state index contributed by atoms with van der Waals surface area (Å²) < 4.78 is 21.6. The van der Waals surface area contributed by atoms with E-state index in [-0.39, 0.29) is 42.2 Å². The van der Waals surface area contributed by atoms with Gasteiger partial charge in [-0.15, -0.1) is 0 Å². The Morgan fingerprint density at radius 3 is 1.10 bits per heavy atom. The van der Waals surface area contributed by atoms with Gasteiger partial charge in [0, 0.05) is 167 Å². The maximum Gasteiger partial charge on any atom is 0.412 e. The van der Waals surface area contributed by atoms with Gasteiger partial charge < -0.3 is 65.3 Å². The number of pyridine rings is 6. The molecule has 28 heteroatoms. The van der Waals surface area contributed by atoms with Crippen LogP contribution in [0.25, 0.3) is 66.1 Å². The third-order valence-electron chi connectivity index (χ3n) is 20.2. The SMILES string of the molecule is CC(C)(C)OC(=O)N1CCN(c2ccc3cc(C(=O)O)ccc3n2)CC1.CC(C)(C)OC(=O)Nc1ccc(-c2ccncc2)cc1CC(=O)c1ccc2nc(N3CCN(C(=O)OC(C)(C)C)CC3)ccc2c1.CC(C)(C)OC(=O)Nc1ccc(-c2ccncc2)cc1N.Nc1ccc(-c2ccncc2)cc1CC(=O)c1ccc2nc(N3CCNCC3)ccc2c1. The van der Waals surface area contributed by atoms with Gasteiger partial charge in [-0.2, -0.15) is 0 Å². The Morgan fingerprint density at radius 1 is 0.360 bits per heavy atom. The fourth-order valence-corrected chi connectivity index (χ4v) is 14.0. The second-order valence-electron chi connectivity index (χ2n) is 34.4. The summed E-state index contributed by atoms with van der Waals surface area (Å²) in [4.78, 5) is 123. The number of nitrogens with zero attached hydrogens (tertiary/aromatic N) is 11. The van der Waals surface area contributed by atoms with Crippen molar-refractivity contribution in [2.75, 3.05) is 115 Å². The highest BCUT2D eigenvalue weighted by molar-refractivity contribution is 6.03. The average molecular weight is 1690 g/mol. The number of nitrogen functional groups attached to an aromatic ring is 2. The van der Waals surface area contributed by atoms with Crippen molar-refractivity contribution >= 4 is 115 Å². The summed E-state index contributed by atoms with van der Waals surface area (Å²) in [6.45, 7) is 30.7. The molecule has 3 fully saturated rings. The predicted octanol–water partition coefficient (Wildman–Crippen LogP) is 17.5. The summed E-state index contributed by atoms with van der Waals surface area (Å²) in [6, 6.07) is 56.2. The van der Waals surface area contributed by atoms with Crippen LogP contribution in [0.2, 0.25) is 0 Å². The lowest BCUT2D eigenvalue weighted by Gasteiger charge is -2.36. The summed E-state index contributed by atoms with van der Waals surface area (Å²) in [5.41, 5.74) is 23.4. The minimum atomic E-state index is -0.950. The van der Waals surface area contributed by atoms with E-state index in [1.54, 1.807) is 104 Å². The van der Waals surface area contributed by atoms with E-state index < -0.39 is 40.6 Å². The van der Waals surface area contributed by atoms with Crippen LogP contribution in [-0.2, 0) is 31.8 Å². The Hall–Kier alpha value is -14.2. The fourth-order valence-electron chi connectivity index (χ4n) is 14.0. The van der Waals surface area contributed by atoms with Gasteiger partial charge in [0.1, 0.15) is 39.9 Å². The van der Waals surface area contributed by atoms with Gasteiger partial charge in [0.2, 0.25) is 0 Å². The molecule has 28 nitrogen and oxygen atoms in total. The van der Waals surface area contributed by atoms with E-state index in [9.17, 15) is 33.6 Å². The molecule has 12 aromatic rings. The summed E-state index contributed by atoms with van der Waals surface area (Å²) in [7, 11) is 0. The number of Topliss-reactive ketones (excluding diaryl/α,β-unsaturated/α-hetero) is 2. The van der Waals surface area contributed by atoms with Crippen molar-refractivity contribution in [2.45, 2.75) is 118 Å². The van der Waals surface area contributed by atoms with Crippen LogP contribution in [0, 0.1) is 0 Å². The molecular formula is C97H108N16O12. The summed E-state index contributed by atoms with van der Waals surface area (Å²) in [6.07, 6.45) is 9.01. The topological polar surface area (TPSA) is 358 Å². The van der Waals surface area contributed by atoms with Crippen molar-refractivity contribution in [2.24, 2.45) is 0 Å². The zero-order valence-corrected chi connectivity index (χ0v) is 72.7. The number of amides is 4. The second-order valence-corrected chi connectivity index (χ2v) is 34.4. The van der Waals surface area contributed by atoms with E-state index in [1.807, 2.05) is 202 Å². The summed E-state index contributed by atoms with van der Waals surface area (Å²) in [5.74, 6) is 1.62. The van der Waals surface area contributed by atoms with Crippen molar-refractivity contribution < 1.29 is 57.6 Å². The van der Waals surface area contributed by atoms with Gasteiger partial charge in [0.25, 0.3) is 0 Å². The molecule has 3 aliphatic rings. The number of ether oxygens (including phenoxy) is 4. The highest BCUT2D eigenvalue weighted by Gasteiger charge is 2.30. The monoisotopic (exact) mass is 1690 g/mol. The first-order valence-electron chi connectivity index (χ1n) is 41.5. The van der Waals surface area contributed by atoms with Crippen molar-refractivity contribution in [3.05, 3.63) is 247 Å². The van der Waals surface area contributed by atoms with Crippen LogP contribution >= 0.6 is 0 Å². The van der Waals surface area contributed by atoms with Gasteiger partial charge in [0.05, 0.1) is 33.5 Å². The van der Waals surface area contributed by atoms with Crippen molar-refractivity contribution in [3.63, 3.8) is 0 Å². The zero-order valence-electron chi connectivity index (χ0n) is 72.7. The minimum absolute atomic E-state index is 0.0386.